The van der Waals surface area contributed by atoms with Crippen molar-refractivity contribution in [1.29, 1.82) is 0 Å². The van der Waals surface area contributed by atoms with Crippen molar-refractivity contribution in [3.05, 3.63) is 88.2 Å². The maximum atomic E-state index is 14.2. The van der Waals surface area contributed by atoms with Gasteiger partial charge in [-0.15, -0.1) is 0 Å². The van der Waals surface area contributed by atoms with Crippen LogP contribution in [0.15, 0.2) is 60.7 Å². The molecule has 0 amide bonds. The molecule has 0 fully saturated rings. The molecule has 1 atom stereocenters. The first kappa shape index (κ1) is 26.3. The summed E-state index contributed by atoms with van der Waals surface area (Å²) in [5, 5.41) is 2.69. The van der Waals surface area contributed by atoms with E-state index in [9.17, 15) is 22.4 Å². The SMILES string of the molecule is Cc1ccc(Oc2cc(COC(=O)C(Nc3ccc(C(F)(F)F)cc3Cl)C(C)C)ccc2F)cc1. The highest BCUT2D eigenvalue weighted by molar-refractivity contribution is 6.33. The number of alkyl halides is 3. The van der Waals surface area contributed by atoms with E-state index >= 15 is 0 Å². The molecule has 0 saturated carbocycles. The fourth-order valence-corrected chi connectivity index (χ4v) is 3.40. The molecular weight excluding hydrogens is 486 g/mol. The molecule has 0 radical (unpaired) electrons. The number of halogens is 5. The van der Waals surface area contributed by atoms with Crippen LogP contribution in [0.1, 0.15) is 30.5 Å². The van der Waals surface area contributed by atoms with Crippen LogP contribution in [-0.2, 0) is 22.3 Å². The van der Waals surface area contributed by atoms with Crippen molar-refractivity contribution >= 4 is 23.3 Å². The lowest BCUT2D eigenvalue weighted by molar-refractivity contribution is -0.147. The molecule has 0 aromatic heterocycles. The van der Waals surface area contributed by atoms with Gasteiger partial charge in [0.1, 0.15) is 18.4 Å². The largest absolute Gasteiger partial charge is 0.459 e. The molecule has 0 aliphatic heterocycles. The van der Waals surface area contributed by atoms with Gasteiger partial charge in [-0.05, 0) is 60.9 Å². The fraction of sp³-hybridized carbons (Fsp3) is 0.269. The van der Waals surface area contributed by atoms with E-state index < -0.39 is 29.6 Å². The first-order valence-corrected chi connectivity index (χ1v) is 11.1. The molecule has 9 heteroatoms. The van der Waals surface area contributed by atoms with Crippen LogP contribution in [0, 0.1) is 18.7 Å². The number of aryl methyl sites for hydroxylation is 1. The average Bonchev–Trinajstić information content (AvgIpc) is 2.79. The highest BCUT2D eigenvalue weighted by Gasteiger charge is 2.31. The molecule has 35 heavy (non-hydrogen) atoms. The number of ether oxygens (including phenoxy) is 2. The van der Waals surface area contributed by atoms with E-state index in [0.29, 0.717) is 11.3 Å². The molecule has 0 heterocycles. The maximum Gasteiger partial charge on any atom is 0.416 e. The summed E-state index contributed by atoms with van der Waals surface area (Å²) in [6.45, 7) is 5.27. The number of anilines is 1. The van der Waals surface area contributed by atoms with Crippen molar-refractivity contribution in [2.75, 3.05) is 5.32 Å². The molecule has 4 nitrogen and oxygen atoms in total. The molecule has 0 spiro atoms. The number of hydrogen-bond acceptors (Lipinski definition) is 4. The number of carbonyl (C=O) groups is 1. The summed E-state index contributed by atoms with van der Waals surface area (Å²) in [6.07, 6.45) is -4.53. The van der Waals surface area contributed by atoms with Gasteiger partial charge in [0.05, 0.1) is 16.3 Å². The van der Waals surface area contributed by atoms with Crippen molar-refractivity contribution in [2.24, 2.45) is 5.92 Å². The van der Waals surface area contributed by atoms with Crippen molar-refractivity contribution in [2.45, 2.75) is 39.6 Å². The lowest BCUT2D eigenvalue weighted by Crippen LogP contribution is -2.36. The van der Waals surface area contributed by atoms with E-state index in [4.69, 9.17) is 21.1 Å². The number of esters is 1. The normalized spacial score (nSPS) is 12.4. The van der Waals surface area contributed by atoms with Gasteiger partial charge in [0.2, 0.25) is 0 Å². The highest BCUT2D eigenvalue weighted by Crippen LogP contribution is 2.34. The maximum absolute atomic E-state index is 14.2. The fourth-order valence-electron chi connectivity index (χ4n) is 3.17. The van der Waals surface area contributed by atoms with E-state index in [0.717, 1.165) is 17.7 Å². The van der Waals surface area contributed by atoms with E-state index in [1.54, 1.807) is 26.0 Å². The van der Waals surface area contributed by atoms with Crippen molar-refractivity contribution in [3.8, 4) is 11.5 Å². The molecule has 0 bridgehead atoms. The average molecular weight is 510 g/mol. The van der Waals surface area contributed by atoms with Crippen LogP contribution < -0.4 is 10.1 Å². The van der Waals surface area contributed by atoms with E-state index in [1.807, 2.05) is 19.1 Å². The molecule has 3 rings (SSSR count). The van der Waals surface area contributed by atoms with Crippen LogP contribution >= 0.6 is 11.6 Å². The Morgan fingerprint density at radius 3 is 2.31 bits per heavy atom. The second-order valence-electron chi connectivity index (χ2n) is 8.35. The van der Waals surface area contributed by atoms with Crippen molar-refractivity contribution in [3.63, 3.8) is 0 Å². The molecule has 1 unspecified atom stereocenters. The van der Waals surface area contributed by atoms with Crippen LogP contribution in [-0.4, -0.2) is 12.0 Å². The summed E-state index contributed by atoms with van der Waals surface area (Å²) in [7, 11) is 0. The van der Waals surface area contributed by atoms with Gasteiger partial charge in [0.25, 0.3) is 0 Å². The van der Waals surface area contributed by atoms with Gasteiger partial charge in [-0.1, -0.05) is 49.2 Å². The summed E-state index contributed by atoms with van der Waals surface area (Å²) in [5.74, 6) is -1.03. The molecule has 3 aromatic carbocycles. The Morgan fingerprint density at radius 1 is 1.03 bits per heavy atom. The first-order chi connectivity index (χ1) is 16.4. The summed E-state index contributed by atoms with van der Waals surface area (Å²) in [4.78, 5) is 12.8. The minimum Gasteiger partial charge on any atom is -0.459 e. The third kappa shape index (κ3) is 7.11. The van der Waals surface area contributed by atoms with Gasteiger partial charge < -0.3 is 14.8 Å². The Labute approximate surface area is 205 Å². The van der Waals surface area contributed by atoms with E-state index in [1.165, 1.54) is 24.3 Å². The number of rotatable bonds is 8. The first-order valence-electron chi connectivity index (χ1n) is 10.8. The standard InChI is InChI=1S/C26H24ClF4NO3/c1-15(2)24(32-22-11-7-18(13-20(22)27)26(29,30)31)25(33)34-14-17-6-10-21(28)23(12-17)35-19-8-4-16(3)5-9-19/h4-13,15,24,32H,14H2,1-3H3. The van der Waals surface area contributed by atoms with Gasteiger partial charge >= 0.3 is 12.1 Å². The van der Waals surface area contributed by atoms with Gasteiger partial charge in [-0.3, -0.25) is 0 Å². The molecule has 3 aromatic rings. The zero-order valence-electron chi connectivity index (χ0n) is 19.2. The summed E-state index contributed by atoms with van der Waals surface area (Å²) >= 11 is 6.01. The topological polar surface area (TPSA) is 47.6 Å². The summed E-state index contributed by atoms with van der Waals surface area (Å²) in [6, 6.07) is 13.2. The molecule has 186 valence electrons. The predicted octanol–water partition coefficient (Wildman–Crippen LogP) is 7.78. The smallest absolute Gasteiger partial charge is 0.416 e. The van der Waals surface area contributed by atoms with Crippen LogP contribution in [0.5, 0.6) is 11.5 Å². The number of hydrogen-bond donors (Lipinski definition) is 1. The van der Waals surface area contributed by atoms with Crippen LogP contribution in [0.2, 0.25) is 5.02 Å². The molecule has 0 aliphatic carbocycles. The molecule has 1 N–H and O–H groups in total. The molecular formula is C26H24ClF4NO3. The highest BCUT2D eigenvalue weighted by atomic mass is 35.5. The lowest BCUT2D eigenvalue weighted by atomic mass is 10.0. The quantitative estimate of drug-likeness (QED) is 0.249. The Bertz CT molecular complexity index is 1180. The number of benzene rings is 3. The van der Waals surface area contributed by atoms with Crippen LogP contribution in [0.4, 0.5) is 23.2 Å². The lowest BCUT2D eigenvalue weighted by Gasteiger charge is -2.23. The van der Waals surface area contributed by atoms with Gasteiger partial charge in [0.15, 0.2) is 11.6 Å². The third-order valence-electron chi connectivity index (χ3n) is 5.15. The second-order valence-corrected chi connectivity index (χ2v) is 8.75. The molecule has 0 aliphatic rings. The van der Waals surface area contributed by atoms with Crippen molar-refractivity contribution < 1.29 is 31.8 Å². The zero-order chi connectivity index (χ0) is 25.8. The second kappa shape index (κ2) is 11.0. The van der Waals surface area contributed by atoms with Gasteiger partial charge in [-0.2, -0.15) is 13.2 Å². The minimum atomic E-state index is -4.53. The van der Waals surface area contributed by atoms with Gasteiger partial charge in [-0.25, -0.2) is 9.18 Å². The predicted molar refractivity (Wildman–Crippen MR) is 126 cm³/mol. The van der Waals surface area contributed by atoms with E-state index in [-0.39, 0.29) is 29.0 Å². The Hall–Kier alpha value is -3.26. The van der Waals surface area contributed by atoms with Crippen LogP contribution in [0.25, 0.3) is 0 Å². The zero-order valence-corrected chi connectivity index (χ0v) is 20.0. The number of nitrogens with one attached hydrogen (secondary N) is 1. The third-order valence-corrected chi connectivity index (χ3v) is 5.47. The molecule has 0 saturated heterocycles. The summed E-state index contributed by atoms with van der Waals surface area (Å²) in [5.41, 5.74) is 0.809. The minimum absolute atomic E-state index is 0.0162. The Kier molecular flexibility index (Phi) is 8.27. The van der Waals surface area contributed by atoms with Crippen LogP contribution in [0.3, 0.4) is 0 Å². The summed E-state index contributed by atoms with van der Waals surface area (Å²) < 4.78 is 63.9. The van der Waals surface area contributed by atoms with E-state index in [2.05, 4.69) is 5.32 Å². The monoisotopic (exact) mass is 509 g/mol. The Balaban J connectivity index is 1.68. The Morgan fingerprint density at radius 2 is 1.71 bits per heavy atom. The van der Waals surface area contributed by atoms with Gasteiger partial charge in [0, 0.05) is 0 Å². The van der Waals surface area contributed by atoms with Crippen molar-refractivity contribution in [1.82, 2.24) is 0 Å². The number of carbonyl (C=O) groups excluding carboxylic acids is 1.